The van der Waals surface area contributed by atoms with Crippen LogP contribution in [0.2, 0.25) is 0 Å². The Morgan fingerprint density at radius 2 is 1.92 bits per heavy atom. The first-order chi connectivity index (χ1) is 11.8. The Balaban J connectivity index is 2.71. The maximum absolute atomic E-state index is 12.3. The van der Waals surface area contributed by atoms with E-state index in [2.05, 4.69) is 15.6 Å². The molecular weight excluding hydrogens is 328 g/mol. The molecule has 1 aromatic rings. The molecule has 2 amide bonds. The highest BCUT2D eigenvalue weighted by atomic mass is 16.4. The van der Waals surface area contributed by atoms with Crippen molar-refractivity contribution in [2.75, 3.05) is 6.61 Å². The Kier molecular flexibility index (Phi) is 7.96. The number of rotatable bonds is 9. The van der Waals surface area contributed by atoms with Crippen molar-refractivity contribution in [3.63, 3.8) is 0 Å². The molecule has 1 rings (SSSR count). The van der Waals surface area contributed by atoms with Crippen LogP contribution in [-0.4, -0.2) is 57.7 Å². The minimum absolute atomic E-state index is 0.250. The number of amides is 2. The van der Waals surface area contributed by atoms with E-state index >= 15 is 0 Å². The summed E-state index contributed by atoms with van der Waals surface area (Å²) in [5.41, 5.74) is 6.65. The summed E-state index contributed by atoms with van der Waals surface area (Å²) in [6, 6.07) is 0.221. The molecule has 25 heavy (non-hydrogen) atoms. The van der Waals surface area contributed by atoms with Crippen LogP contribution in [0.3, 0.4) is 0 Å². The highest BCUT2D eigenvalue weighted by Crippen LogP contribution is 2.05. The monoisotopic (exact) mass is 352 g/mol. The normalized spacial score (nSPS) is 14.4. The van der Waals surface area contributed by atoms with Gasteiger partial charge in [-0.25, -0.2) is 4.79 Å². The topological polar surface area (TPSA) is 155 Å². The summed E-state index contributed by atoms with van der Waals surface area (Å²) >= 11 is 0. The molecule has 3 atom stereocenters. The quantitative estimate of drug-likeness (QED) is 0.368. The number of aromatic nitrogens is 1. The van der Waals surface area contributed by atoms with Crippen LogP contribution >= 0.6 is 0 Å². The second kappa shape index (κ2) is 9.70. The number of carbonyl (C=O) groups excluding carboxylic acids is 2. The Hall–Kier alpha value is -2.52. The fourth-order valence-corrected chi connectivity index (χ4v) is 2.11. The van der Waals surface area contributed by atoms with E-state index in [0.717, 1.165) is 5.56 Å². The van der Waals surface area contributed by atoms with Crippen molar-refractivity contribution < 1.29 is 24.6 Å². The molecule has 0 radical (unpaired) electrons. The average Bonchev–Trinajstić information content (AvgIpc) is 2.57. The van der Waals surface area contributed by atoms with Gasteiger partial charge in [-0.05, 0) is 24.0 Å². The molecule has 0 fully saturated rings. The molecule has 0 aliphatic carbocycles. The minimum atomic E-state index is -1.44. The molecule has 1 heterocycles. The second-order valence-corrected chi connectivity index (χ2v) is 5.98. The number of aliphatic carboxylic acids is 1. The lowest BCUT2D eigenvalue weighted by molar-refractivity contribution is -0.143. The Morgan fingerprint density at radius 1 is 1.24 bits per heavy atom. The van der Waals surface area contributed by atoms with Gasteiger partial charge in [0, 0.05) is 12.4 Å². The molecule has 1 aromatic heterocycles. The van der Waals surface area contributed by atoms with Gasteiger partial charge < -0.3 is 26.6 Å². The standard InChI is InChI=1S/C16H24N4O5/c1-9(2)13(15(23)19-12(8-21)16(24)25)20-14(22)11(17)6-10-4-3-5-18-7-10/h3-5,7,9,11-13,21H,6,8,17H2,1-2H3,(H,19,23)(H,20,22)(H,24,25)/t11-,12-,13-/m0/s1. The zero-order valence-electron chi connectivity index (χ0n) is 14.2. The molecule has 9 nitrogen and oxygen atoms in total. The molecule has 0 spiro atoms. The van der Waals surface area contributed by atoms with E-state index in [4.69, 9.17) is 15.9 Å². The average molecular weight is 352 g/mol. The third kappa shape index (κ3) is 6.48. The van der Waals surface area contributed by atoms with Gasteiger partial charge >= 0.3 is 5.97 Å². The van der Waals surface area contributed by atoms with Crippen LogP contribution in [-0.2, 0) is 20.8 Å². The second-order valence-electron chi connectivity index (χ2n) is 5.98. The summed E-state index contributed by atoms with van der Waals surface area (Å²) in [6.45, 7) is 2.65. The summed E-state index contributed by atoms with van der Waals surface area (Å²) in [4.78, 5) is 39.3. The number of nitrogens with one attached hydrogen (secondary N) is 2. The largest absolute Gasteiger partial charge is 0.480 e. The highest BCUT2D eigenvalue weighted by molar-refractivity contribution is 5.92. The SMILES string of the molecule is CC(C)[C@H](NC(=O)[C@@H](N)Cc1cccnc1)C(=O)N[C@@H](CO)C(=O)O. The molecular formula is C16H24N4O5. The van der Waals surface area contributed by atoms with Gasteiger partial charge in [-0.3, -0.25) is 14.6 Å². The van der Waals surface area contributed by atoms with Crippen LogP contribution in [0.15, 0.2) is 24.5 Å². The molecule has 6 N–H and O–H groups in total. The minimum Gasteiger partial charge on any atom is -0.480 e. The Morgan fingerprint density at radius 3 is 2.40 bits per heavy atom. The zero-order chi connectivity index (χ0) is 19.0. The van der Waals surface area contributed by atoms with Gasteiger partial charge in [0.1, 0.15) is 12.1 Å². The number of aliphatic hydroxyl groups is 1. The molecule has 0 aromatic carbocycles. The predicted octanol–water partition coefficient (Wildman–Crippen LogP) is -1.35. The first-order valence-electron chi connectivity index (χ1n) is 7.85. The van der Waals surface area contributed by atoms with Crippen LogP contribution in [0.4, 0.5) is 0 Å². The maximum atomic E-state index is 12.3. The number of hydrogen-bond donors (Lipinski definition) is 5. The third-order valence-corrected chi connectivity index (χ3v) is 3.56. The number of nitrogens with two attached hydrogens (primary N) is 1. The number of aliphatic hydroxyl groups excluding tert-OH is 1. The van der Waals surface area contributed by atoms with E-state index in [9.17, 15) is 14.4 Å². The van der Waals surface area contributed by atoms with Gasteiger partial charge in [0.2, 0.25) is 11.8 Å². The van der Waals surface area contributed by atoms with Crippen LogP contribution < -0.4 is 16.4 Å². The van der Waals surface area contributed by atoms with Gasteiger partial charge in [0.15, 0.2) is 0 Å². The first-order valence-corrected chi connectivity index (χ1v) is 7.85. The summed E-state index contributed by atoms with van der Waals surface area (Å²) < 4.78 is 0. The van der Waals surface area contributed by atoms with Gasteiger partial charge in [0.05, 0.1) is 12.6 Å². The van der Waals surface area contributed by atoms with E-state index in [1.165, 1.54) is 0 Å². The van der Waals surface area contributed by atoms with Crippen molar-refractivity contribution in [3.8, 4) is 0 Å². The number of nitrogens with zero attached hydrogens (tertiary/aromatic N) is 1. The van der Waals surface area contributed by atoms with Crippen LogP contribution in [0.5, 0.6) is 0 Å². The van der Waals surface area contributed by atoms with Gasteiger partial charge in [0.25, 0.3) is 0 Å². The summed E-state index contributed by atoms with van der Waals surface area (Å²) in [5.74, 6) is -2.90. The summed E-state index contributed by atoms with van der Waals surface area (Å²) in [6.07, 6.45) is 3.45. The maximum Gasteiger partial charge on any atom is 0.328 e. The van der Waals surface area contributed by atoms with E-state index in [0.29, 0.717) is 0 Å². The van der Waals surface area contributed by atoms with Crippen LogP contribution in [0.1, 0.15) is 19.4 Å². The molecule has 138 valence electrons. The van der Waals surface area contributed by atoms with Gasteiger partial charge in [-0.2, -0.15) is 0 Å². The number of carbonyl (C=O) groups is 3. The van der Waals surface area contributed by atoms with E-state index in [1.54, 1.807) is 38.4 Å². The Bertz CT molecular complexity index is 593. The van der Waals surface area contributed by atoms with E-state index in [-0.39, 0.29) is 12.3 Å². The lowest BCUT2D eigenvalue weighted by Gasteiger charge is -2.24. The number of carboxylic acids is 1. The van der Waals surface area contributed by atoms with Crippen molar-refractivity contribution in [1.82, 2.24) is 15.6 Å². The molecule has 0 saturated carbocycles. The number of pyridine rings is 1. The Labute approximate surface area is 145 Å². The number of hydrogen-bond acceptors (Lipinski definition) is 6. The third-order valence-electron chi connectivity index (χ3n) is 3.56. The van der Waals surface area contributed by atoms with Crippen molar-refractivity contribution in [2.24, 2.45) is 11.7 Å². The van der Waals surface area contributed by atoms with E-state index < -0.39 is 42.5 Å². The summed E-state index contributed by atoms with van der Waals surface area (Å²) in [7, 11) is 0. The molecule has 9 heteroatoms. The van der Waals surface area contributed by atoms with Crippen molar-refractivity contribution in [1.29, 1.82) is 0 Å². The van der Waals surface area contributed by atoms with E-state index in [1.807, 2.05) is 0 Å². The summed E-state index contributed by atoms with van der Waals surface area (Å²) in [5, 5.41) is 22.6. The fraction of sp³-hybridized carbons (Fsp3) is 0.500. The zero-order valence-corrected chi connectivity index (χ0v) is 14.2. The van der Waals surface area contributed by atoms with Crippen molar-refractivity contribution in [3.05, 3.63) is 30.1 Å². The number of carboxylic acid groups (broad SMARTS) is 1. The molecule has 0 aliphatic rings. The molecule has 0 saturated heterocycles. The molecule has 0 unspecified atom stereocenters. The van der Waals surface area contributed by atoms with Crippen molar-refractivity contribution in [2.45, 2.75) is 38.4 Å². The molecule has 0 bridgehead atoms. The smallest absolute Gasteiger partial charge is 0.328 e. The lowest BCUT2D eigenvalue weighted by atomic mass is 10.0. The van der Waals surface area contributed by atoms with Gasteiger partial charge in [-0.15, -0.1) is 0 Å². The predicted molar refractivity (Wildman–Crippen MR) is 89.3 cm³/mol. The lowest BCUT2D eigenvalue weighted by Crippen LogP contribution is -2.57. The first kappa shape index (κ1) is 20.5. The van der Waals surface area contributed by atoms with Crippen molar-refractivity contribution >= 4 is 17.8 Å². The van der Waals surface area contributed by atoms with Crippen LogP contribution in [0, 0.1) is 5.92 Å². The molecule has 0 aliphatic heterocycles. The van der Waals surface area contributed by atoms with Crippen LogP contribution in [0.25, 0.3) is 0 Å². The highest BCUT2D eigenvalue weighted by Gasteiger charge is 2.29. The van der Waals surface area contributed by atoms with Gasteiger partial charge in [-0.1, -0.05) is 19.9 Å². The fourth-order valence-electron chi connectivity index (χ4n) is 2.11.